The van der Waals surface area contributed by atoms with Crippen LogP contribution in [0.1, 0.15) is 31.9 Å². The van der Waals surface area contributed by atoms with Crippen molar-refractivity contribution in [3.63, 3.8) is 0 Å². The van der Waals surface area contributed by atoms with Crippen LogP contribution >= 0.6 is 15.9 Å². The number of rotatable bonds is 3. The van der Waals surface area contributed by atoms with Crippen molar-refractivity contribution in [2.75, 3.05) is 14.2 Å². The molecule has 2 nitrogen and oxygen atoms in total. The molecule has 0 amide bonds. The second-order valence-electron chi connectivity index (χ2n) is 6.49. The zero-order valence-electron chi connectivity index (χ0n) is 14.1. The first-order valence-electron chi connectivity index (χ1n) is 7.31. The lowest BCUT2D eigenvalue weighted by Gasteiger charge is -2.25. The van der Waals surface area contributed by atoms with Gasteiger partial charge in [-0.2, -0.15) is 0 Å². The molecule has 2 aromatic carbocycles. The predicted octanol–water partition coefficient (Wildman–Crippen LogP) is 5.74. The van der Waals surface area contributed by atoms with Crippen LogP contribution < -0.4 is 9.47 Å². The maximum absolute atomic E-state index is 5.78. The normalized spacial score (nSPS) is 11.4. The Balaban J connectivity index is 2.78. The highest BCUT2D eigenvalue weighted by Gasteiger charge is 2.23. The molecule has 0 saturated carbocycles. The van der Waals surface area contributed by atoms with E-state index in [1.165, 1.54) is 11.1 Å². The van der Waals surface area contributed by atoms with Crippen molar-refractivity contribution < 1.29 is 9.47 Å². The molecule has 0 saturated heterocycles. The van der Waals surface area contributed by atoms with Crippen molar-refractivity contribution in [1.82, 2.24) is 0 Å². The van der Waals surface area contributed by atoms with Crippen molar-refractivity contribution in [2.45, 2.75) is 33.1 Å². The minimum Gasteiger partial charge on any atom is -0.497 e. The average Bonchev–Trinajstić information content (AvgIpc) is 2.46. The van der Waals surface area contributed by atoms with E-state index in [2.05, 4.69) is 55.8 Å². The summed E-state index contributed by atoms with van der Waals surface area (Å²) in [5.41, 5.74) is 4.59. The number of ether oxygens (including phenoxy) is 2. The number of hydrogen-bond donors (Lipinski definition) is 0. The van der Waals surface area contributed by atoms with E-state index >= 15 is 0 Å². The molecule has 3 heteroatoms. The third-order valence-corrected chi connectivity index (χ3v) is 4.40. The Morgan fingerprint density at radius 3 is 2.14 bits per heavy atom. The van der Waals surface area contributed by atoms with Gasteiger partial charge in [-0.1, -0.05) is 42.8 Å². The van der Waals surface area contributed by atoms with Crippen LogP contribution in [0.2, 0.25) is 0 Å². The number of hydrogen-bond acceptors (Lipinski definition) is 2. The van der Waals surface area contributed by atoms with Crippen LogP contribution in [0.25, 0.3) is 11.1 Å². The van der Waals surface area contributed by atoms with Gasteiger partial charge in [0.15, 0.2) is 0 Å². The SMILES string of the molecule is COc1ccc(Br)c(-c2cc(C)cc(C(C)(C)C)c2OC)c1. The van der Waals surface area contributed by atoms with E-state index in [4.69, 9.17) is 9.47 Å². The number of aryl methyl sites for hydroxylation is 1. The largest absolute Gasteiger partial charge is 0.497 e. The predicted molar refractivity (Wildman–Crippen MR) is 96.1 cm³/mol. The third kappa shape index (κ3) is 3.30. The summed E-state index contributed by atoms with van der Waals surface area (Å²) >= 11 is 3.65. The lowest BCUT2D eigenvalue weighted by atomic mass is 9.83. The van der Waals surface area contributed by atoms with Gasteiger partial charge in [-0.3, -0.25) is 0 Å². The van der Waals surface area contributed by atoms with Gasteiger partial charge < -0.3 is 9.47 Å². The minimum atomic E-state index is 0.0114. The zero-order valence-corrected chi connectivity index (χ0v) is 15.7. The smallest absolute Gasteiger partial charge is 0.130 e. The van der Waals surface area contributed by atoms with Crippen LogP contribution in [0.4, 0.5) is 0 Å². The number of methoxy groups -OCH3 is 2. The summed E-state index contributed by atoms with van der Waals surface area (Å²) in [7, 11) is 3.42. The number of benzene rings is 2. The fourth-order valence-electron chi connectivity index (χ4n) is 2.59. The summed E-state index contributed by atoms with van der Waals surface area (Å²) in [4.78, 5) is 0. The standard InChI is InChI=1S/C19H23BrO2/c1-12-9-15(14-11-13(21-5)7-8-17(14)20)18(22-6)16(10-12)19(2,3)4/h7-11H,1-6H3. The molecule has 0 bridgehead atoms. The van der Waals surface area contributed by atoms with Gasteiger partial charge in [-0.15, -0.1) is 0 Å². The van der Waals surface area contributed by atoms with Crippen molar-refractivity contribution in [2.24, 2.45) is 0 Å². The van der Waals surface area contributed by atoms with Crippen LogP contribution in [-0.2, 0) is 5.41 Å². The van der Waals surface area contributed by atoms with Crippen LogP contribution in [0.5, 0.6) is 11.5 Å². The topological polar surface area (TPSA) is 18.5 Å². The van der Waals surface area contributed by atoms with E-state index in [0.717, 1.165) is 27.1 Å². The Kier molecular flexibility index (Phi) is 4.86. The van der Waals surface area contributed by atoms with Gasteiger partial charge in [0.25, 0.3) is 0 Å². The second-order valence-corrected chi connectivity index (χ2v) is 7.34. The fraction of sp³-hybridized carbons (Fsp3) is 0.368. The molecule has 22 heavy (non-hydrogen) atoms. The quantitative estimate of drug-likeness (QED) is 0.692. The van der Waals surface area contributed by atoms with Crippen molar-refractivity contribution in [3.8, 4) is 22.6 Å². The Morgan fingerprint density at radius 1 is 0.909 bits per heavy atom. The van der Waals surface area contributed by atoms with Gasteiger partial charge in [0.2, 0.25) is 0 Å². The van der Waals surface area contributed by atoms with Crippen LogP contribution in [-0.4, -0.2) is 14.2 Å². The first-order chi connectivity index (χ1) is 10.3. The molecule has 0 spiro atoms. The van der Waals surface area contributed by atoms with Crippen molar-refractivity contribution >= 4 is 15.9 Å². The summed E-state index contributed by atoms with van der Waals surface area (Å²) in [6.07, 6.45) is 0. The minimum absolute atomic E-state index is 0.0114. The molecule has 2 rings (SSSR count). The first-order valence-corrected chi connectivity index (χ1v) is 8.10. The molecule has 0 aliphatic carbocycles. The Hall–Kier alpha value is -1.48. The van der Waals surface area contributed by atoms with Gasteiger partial charge in [0, 0.05) is 21.2 Å². The fourth-order valence-corrected chi connectivity index (χ4v) is 3.05. The van der Waals surface area contributed by atoms with E-state index in [0.29, 0.717) is 0 Å². The number of halogens is 1. The van der Waals surface area contributed by atoms with Crippen LogP contribution in [0.3, 0.4) is 0 Å². The molecular formula is C19H23BrO2. The lowest BCUT2D eigenvalue weighted by Crippen LogP contribution is -2.13. The molecule has 0 aliphatic heterocycles. The first kappa shape index (κ1) is 16.9. The van der Waals surface area contributed by atoms with E-state index in [1.54, 1.807) is 14.2 Å². The van der Waals surface area contributed by atoms with E-state index in [9.17, 15) is 0 Å². The molecule has 0 unspecified atom stereocenters. The lowest BCUT2D eigenvalue weighted by molar-refractivity contribution is 0.399. The maximum Gasteiger partial charge on any atom is 0.130 e. The molecule has 0 heterocycles. The van der Waals surface area contributed by atoms with Gasteiger partial charge in [0.1, 0.15) is 11.5 Å². The maximum atomic E-state index is 5.78. The monoisotopic (exact) mass is 362 g/mol. The van der Waals surface area contributed by atoms with E-state index in [-0.39, 0.29) is 5.41 Å². The van der Waals surface area contributed by atoms with Crippen LogP contribution in [0.15, 0.2) is 34.8 Å². The molecule has 0 radical (unpaired) electrons. The third-order valence-electron chi connectivity index (χ3n) is 3.71. The van der Waals surface area contributed by atoms with Gasteiger partial charge in [-0.05, 0) is 42.2 Å². The molecule has 0 aliphatic rings. The molecule has 0 N–H and O–H groups in total. The summed E-state index contributed by atoms with van der Waals surface area (Å²) < 4.78 is 12.2. The van der Waals surface area contributed by atoms with E-state index < -0.39 is 0 Å². The Labute approximate surface area is 141 Å². The zero-order chi connectivity index (χ0) is 16.5. The molecule has 2 aromatic rings. The second kappa shape index (κ2) is 6.33. The van der Waals surface area contributed by atoms with Crippen molar-refractivity contribution in [3.05, 3.63) is 45.9 Å². The summed E-state index contributed by atoms with van der Waals surface area (Å²) in [6, 6.07) is 10.4. The Morgan fingerprint density at radius 2 is 1.59 bits per heavy atom. The average molecular weight is 363 g/mol. The molecule has 118 valence electrons. The summed E-state index contributed by atoms with van der Waals surface area (Å²) in [5.74, 6) is 1.76. The molecule has 0 atom stereocenters. The summed E-state index contributed by atoms with van der Waals surface area (Å²) in [5, 5.41) is 0. The van der Waals surface area contributed by atoms with Gasteiger partial charge in [0.05, 0.1) is 14.2 Å². The van der Waals surface area contributed by atoms with Crippen molar-refractivity contribution in [1.29, 1.82) is 0 Å². The van der Waals surface area contributed by atoms with Gasteiger partial charge >= 0.3 is 0 Å². The summed E-state index contributed by atoms with van der Waals surface area (Å²) in [6.45, 7) is 8.73. The Bertz CT molecular complexity index is 685. The molecule has 0 fully saturated rings. The highest BCUT2D eigenvalue weighted by Crippen LogP contribution is 2.43. The van der Waals surface area contributed by atoms with Gasteiger partial charge in [-0.25, -0.2) is 0 Å². The highest BCUT2D eigenvalue weighted by molar-refractivity contribution is 9.10. The molecular weight excluding hydrogens is 340 g/mol. The molecule has 0 aromatic heterocycles. The van der Waals surface area contributed by atoms with E-state index in [1.807, 2.05) is 18.2 Å². The van der Waals surface area contributed by atoms with Crippen LogP contribution in [0, 0.1) is 6.92 Å². The highest BCUT2D eigenvalue weighted by atomic mass is 79.9.